The van der Waals surface area contributed by atoms with Gasteiger partial charge in [0.1, 0.15) is 0 Å². The normalized spacial score (nSPS) is 12.6. The number of ketones is 2. The second kappa shape index (κ2) is 6.00. The molecule has 1 aliphatic rings. The first-order valence-electron chi connectivity index (χ1n) is 5.27. The van der Waals surface area contributed by atoms with E-state index in [1.165, 1.54) is 24.3 Å². The van der Waals surface area contributed by atoms with Crippen LogP contribution >= 0.6 is 0 Å². The summed E-state index contributed by atoms with van der Waals surface area (Å²) in [5, 5.41) is 11.2. The fraction of sp³-hybridized carbons (Fsp3) is 0.231. The van der Waals surface area contributed by atoms with Gasteiger partial charge in [0, 0.05) is 11.1 Å². The molecule has 0 fully saturated rings. The summed E-state index contributed by atoms with van der Waals surface area (Å²) in [6.45, 7) is 0. The summed E-state index contributed by atoms with van der Waals surface area (Å²) in [5.41, 5.74) is 0.204. The number of allylic oxidation sites excluding steroid dienone is 2. The molecule has 0 aliphatic heterocycles. The van der Waals surface area contributed by atoms with Gasteiger partial charge in [-0.1, -0.05) is 23.9 Å². The van der Waals surface area contributed by atoms with Crippen molar-refractivity contribution in [3.63, 3.8) is 0 Å². The summed E-state index contributed by atoms with van der Waals surface area (Å²) in [6.07, 6.45) is 2.32. The van der Waals surface area contributed by atoms with E-state index in [1.807, 2.05) is 0 Å². The number of benzene rings is 1. The molecule has 0 bridgehead atoms. The standard InChI is InChI=1S/C10H6O3.3CH3.Sn/c11-7-4-5-9(13)10-6(7)2-1-3-8(10)12;;;;/h1-5,12H;3*1H3;/q;;;;+1/p-1. The van der Waals surface area contributed by atoms with Gasteiger partial charge in [0.2, 0.25) is 0 Å². The van der Waals surface area contributed by atoms with Crippen LogP contribution in [0.2, 0.25) is 14.8 Å². The van der Waals surface area contributed by atoms with Crippen molar-refractivity contribution in [1.29, 1.82) is 0 Å². The molecule has 1 aromatic carbocycles. The minimum absolute atomic E-state index is 0.00463. The van der Waals surface area contributed by atoms with Crippen molar-refractivity contribution in [2.75, 3.05) is 0 Å². The number of hydrogen-bond donors (Lipinski definition) is 0. The second-order valence-electron chi connectivity index (χ2n) is 4.24. The van der Waals surface area contributed by atoms with Gasteiger partial charge in [-0.2, -0.15) is 0 Å². The predicted octanol–water partition coefficient (Wildman–Crippen LogP) is 2.07. The van der Waals surface area contributed by atoms with Crippen molar-refractivity contribution in [2.45, 2.75) is 14.8 Å². The summed E-state index contributed by atoms with van der Waals surface area (Å²) in [4.78, 5) is 29.5. The zero-order chi connectivity index (χ0) is 13.0. The molecule has 0 amide bonds. The quantitative estimate of drug-likeness (QED) is 0.681. The maximum absolute atomic E-state index is 11.2. The first-order valence-corrected chi connectivity index (χ1v) is 13.8. The van der Waals surface area contributed by atoms with Gasteiger partial charge in [0.15, 0.2) is 11.6 Å². The molecule has 4 heteroatoms. The first kappa shape index (κ1) is 14.0. The minimum atomic E-state index is -0.543. The molecule has 0 radical (unpaired) electrons. The third-order valence-electron chi connectivity index (χ3n) is 1.92. The van der Waals surface area contributed by atoms with Gasteiger partial charge >= 0.3 is 34.6 Å². The van der Waals surface area contributed by atoms with E-state index in [0.29, 0.717) is 0 Å². The molecule has 0 N–H and O–H groups in total. The van der Waals surface area contributed by atoms with Crippen LogP contribution in [-0.2, 0) is 0 Å². The number of carbonyl (C=O) groups excluding carboxylic acids is 2. The average molecular weight is 337 g/mol. The SMILES string of the molecule is O=C1C=CC(=O)c2c([O-])cccc21.[CH3][Sn+]([CH3])[CH3]. The van der Waals surface area contributed by atoms with Crippen LogP contribution in [0, 0.1) is 0 Å². The maximum atomic E-state index is 11.2. The summed E-state index contributed by atoms with van der Waals surface area (Å²) in [6, 6.07) is 4.25. The van der Waals surface area contributed by atoms with E-state index in [4.69, 9.17) is 0 Å². The molecule has 1 aromatic rings. The van der Waals surface area contributed by atoms with E-state index in [1.54, 1.807) is 0 Å². The van der Waals surface area contributed by atoms with Crippen LogP contribution in [0.5, 0.6) is 5.75 Å². The molecule has 0 atom stereocenters. The molecule has 0 spiro atoms. The monoisotopic (exact) mass is 338 g/mol. The Morgan fingerprint density at radius 3 is 2.06 bits per heavy atom. The molecule has 0 saturated heterocycles. The van der Waals surface area contributed by atoms with Crippen LogP contribution in [0.15, 0.2) is 30.4 Å². The molecule has 88 valence electrons. The number of rotatable bonds is 0. The van der Waals surface area contributed by atoms with Gasteiger partial charge in [-0.3, -0.25) is 9.59 Å². The van der Waals surface area contributed by atoms with Gasteiger partial charge in [0.25, 0.3) is 0 Å². The van der Waals surface area contributed by atoms with Gasteiger partial charge in [-0.15, -0.1) is 0 Å². The summed E-state index contributed by atoms with van der Waals surface area (Å²) < 4.78 is 0. The Hall–Kier alpha value is -1.10. The van der Waals surface area contributed by atoms with Crippen LogP contribution < -0.4 is 5.11 Å². The molecular weight excluding hydrogens is 323 g/mol. The number of fused-ring (bicyclic) bond motifs is 1. The Bertz CT molecular complexity index is 473. The van der Waals surface area contributed by atoms with E-state index < -0.39 is 19.8 Å². The Morgan fingerprint density at radius 1 is 1.00 bits per heavy atom. The van der Waals surface area contributed by atoms with Crippen molar-refractivity contribution in [1.82, 2.24) is 0 Å². The van der Waals surface area contributed by atoms with Crippen molar-refractivity contribution in [3.05, 3.63) is 41.5 Å². The van der Waals surface area contributed by atoms with Gasteiger partial charge in [-0.25, -0.2) is 0 Å². The van der Waals surface area contributed by atoms with E-state index >= 15 is 0 Å². The average Bonchev–Trinajstić information content (AvgIpc) is 2.23. The Labute approximate surface area is 108 Å². The molecule has 17 heavy (non-hydrogen) atoms. The second-order valence-corrected chi connectivity index (χ2v) is 12.8. The van der Waals surface area contributed by atoms with E-state index in [9.17, 15) is 14.7 Å². The van der Waals surface area contributed by atoms with E-state index in [2.05, 4.69) is 14.8 Å². The molecule has 0 heterocycles. The van der Waals surface area contributed by atoms with Crippen molar-refractivity contribution in [2.24, 2.45) is 0 Å². The molecule has 0 unspecified atom stereocenters. The molecule has 0 saturated carbocycles. The number of hydrogen-bond acceptors (Lipinski definition) is 3. The van der Waals surface area contributed by atoms with Crippen LogP contribution in [0.4, 0.5) is 0 Å². The number of carbonyl (C=O) groups is 2. The Kier molecular flexibility index (Phi) is 4.93. The summed E-state index contributed by atoms with van der Waals surface area (Å²) in [5.74, 6) is -1.06. The van der Waals surface area contributed by atoms with Crippen LogP contribution in [0.1, 0.15) is 20.7 Å². The topological polar surface area (TPSA) is 57.2 Å². The zero-order valence-corrected chi connectivity index (χ0v) is 13.0. The third-order valence-corrected chi connectivity index (χ3v) is 1.92. The Morgan fingerprint density at radius 2 is 1.53 bits per heavy atom. The summed E-state index contributed by atoms with van der Waals surface area (Å²) >= 11 is -0.543. The van der Waals surface area contributed by atoms with Gasteiger partial charge < -0.3 is 5.11 Å². The fourth-order valence-corrected chi connectivity index (χ4v) is 1.32. The van der Waals surface area contributed by atoms with E-state index in [0.717, 1.165) is 6.08 Å². The third kappa shape index (κ3) is 3.70. The van der Waals surface area contributed by atoms with Gasteiger partial charge in [-0.05, 0) is 12.2 Å². The molecule has 3 nitrogen and oxygen atoms in total. The Balaban J connectivity index is 0.000000317. The van der Waals surface area contributed by atoms with Crippen LogP contribution in [-0.4, -0.2) is 31.3 Å². The van der Waals surface area contributed by atoms with Crippen LogP contribution in [0.3, 0.4) is 0 Å². The van der Waals surface area contributed by atoms with Gasteiger partial charge in [0.05, 0.1) is 0 Å². The van der Waals surface area contributed by atoms with Crippen molar-refractivity contribution in [3.8, 4) is 5.75 Å². The molecular formula is C13H14O3Sn. The fourth-order valence-electron chi connectivity index (χ4n) is 1.32. The zero-order valence-electron chi connectivity index (χ0n) is 10.1. The van der Waals surface area contributed by atoms with Crippen molar-refractivity contribution < 1.29 is 14.7 Å². The first-order chi connectivity index (χ1) is 7.93. The molecule has 2 rings (SSSR count). The van der Waals surface area contributed by atoms with Crippen LogP contribution in [0.25, 0.3) is 0 Å². The van der Waals surface area contributed by atoms with Crippen molar-refractivity contribution >= 4 is 31.3 Å². The predicted molar refractivity (Wildman–Crippen MR) is 67.0 cm³/mol. The summed E-state index contributed by atoms with van der Waals surface area (Å²) in [7, 11) is 0. The van der Waals surface area contributed by atoms with E-state index in [-0.39, 0.29) is 28.4 Å². The molecule has 0 aromatic heterocycles. The molecule has 1 aliphatic carbocycles.